The highest BCUT2D eigenvalue weighted by molar-refractivity contribution is 5.98. The Bertz CT molecular complexity index is 1430. The lowest BCUT2D eigenvalue weighted by molar-refractivity contribution is -0.370. The molecule has 2 aliphatic heterocycles. The van der Waals surface area contributed by atoms with Gasteiger partial charge in [-0.05, 0) is 119 Å². The molecule has 0 spiro atoms. The number of carbonyl (C=O) groups is 3. The van der Waals surface area contributed by atoms with Crippen LogP contribution in [0.15, 0.2) is 23.3 Å². The van der Waals surface area contributed by atoms with Crippen molar-refractivity contribution >= 4 is 17.7 Å². The van der Waals surface area contributed by atoms with E-state index in [1.807, 2.05) is 25.8 Å². The Kier molecular flexibility index (Phi) is 20.2. The topological polar surface area (TPSA) is 152 Å². The molecule has 60 heavy (non-hydrogen) atoms. The summed E-state index contributed by atoms with van der Waals surface area (Å²) in [5, 5.41) is 28.6. The Morgan fingerprint density at radius 1 is 0.900 bits per heavy atom. The molecule has 0 aromatic rings. The highest BCUT2D eigenvalue weighted by Crippen LogP contribution is 2.55. The van der Waals surface area contributed by atoms with Crippen LogP contribution in [0.4, 0.5) is 0 Å². The van der Waals surface area contributed by atoms with Gasteiger partial charge in [0, 0.05) is 37.1 Å². The van der Waals surface area contributed by atoms with E-state index < -0.39 is 18.7 Å². The summed E-state index contributed by atoms with van der Waals surface area (Å²) in [6.07, 6.45) is 17.7. The summed E-state index contributed by atoms with van der Waals surface area (Å²) in [6.45, 7) is 16.7. The van der Waals surface area contributed by atoms with E-state index in [-0.39, 0.29) is 59.7 Å². The van der Waals surface area contributed by atoms with Gasteiger partial charge >= 0.3 is 5.97 Å². The molecule has 0 aromatic carbocycles. The largest absolute Gasteiger partial charge is 0.462 e. The van der Waals surface area contributed by atoms with E-state index in [1.165, 1.54) is 31.9 Å². The number of aliphatic hydroxyl groups excluding tert-OH is 3. The molecule has 6 rings (SSSR count). The average molecular weight is 846 g/mol. The first kappa shape index (κ1) is 50.5. The maximum atomic E-state index is 13.3. The van der Waals surface area contributed by atoms with Crippen LogP contribution >= 0.6 is 0 Å². The molecule has 15 unspecified atom stereocenters. The Labute approximate surface area is 362 Å². The average Bonchev–Trinajstić information content (AvgIpc) is 3.92. The fraction of sp³-hybridized carbons (Fsp3) is 0.857. The number of nitrogens with zero attached hydrogens (tertiary/aromatic N) is 1. The summed E-state index contributed by atoms with van der Waals surface area (Å²) in [5.41, 5.74) is 2.44. The molecule has 3 N–H and O–H groups in total. The lowest BCUT2D eigenvalue weighted by Crippen LogP contribution is -2.50. The summed E-state index contributed by atoms with van der Waals surface area (Å²) in [6, 6.07) is 0.0899. The van der Waals surface area contributed by atoms with Crippen LogP contribution in [-0.4, -0.2) is 89.0 Å². The van der Waals surface area contributed by atoms with Crippen LogP contribution in [0.2, 0.25) is 0 Å². The minimum Gasteiger partial charge on any atom is -0.462 e. The number of ether oxygens (including phenoxy) is 2. The van der Waals surface area contributed by atoms with Crippen molar-refractivity contribution in [2.45, 2.75) is 195 Å². The molecule has 0 bridgehead atoms. The molecule has 11 nitrogen and oxygen atoms in total. The van der Waals surface area contributed by atoms with Crippen LogP contribution in [0.25, 0.3) is 0 Å². The zero-order chi connectivity index (χ0) is 44.3. The fourth-order valence-corrected chi connectivity index (χ4v) is 11.5. The molecule has 2 heterocycles. The smallest absolute Gasteiger partial charge is 0.306 e. The number of ketones is 1. The zero-order valence-electron chi connectivity index (χ0n) is 38.9. The zero-order valence-corrected chi connectivity index (χ0v) is 38.9. The Hall–Kier alpha value is -2.15. The van der Waals surface area contributed by atoms with Crippen LogP contribution in [0.3, 0.4) is 0 Å². The number of esters is 1. The molecule has 2 saturated carbocycles. The second-order valence-electron chi connectivity index (χ2n) is 19.3. The van der Waals surface area contributed by atoms with Gasteiger partial charge < -0.3 is 29.7 Å². The third-order valence-corrected chi connectivity index (χ3v) is 15.2. The van der Waals surface area contributed by atoms with Crippen LogP contribution < -0.4 is 0 Å². The number of hydrogen-bond acceptors (Lipinski definition) is 10. The molecule has 11 heteroatoms. The van der Waals surface area contributed by atoms with Crippen LogP contribution in [-0.2, 0) is 33.6 Å². The van der Waals surface area contributed by atoms with Crippen LogP contribution in [0.5, 0.6) is 0 Å². The van der Waals surface area contributed by atoms with Crippen molar-refractivity contribution in [2.24, 2.45) is 59.2 Å². The second-order valence-corrected chi connectivity index (χ2v) is 19.3. The number of hydrogen-bond donors (Lipinski definition) is 3. The second kappa shape index (κ2) is 24.1. The van der Waals surface area contributed by atoms with Crippen molar-refractivity contribution in [2.75, 3.05) is 14.2 Å². The van der Waals surface area contributed by atoms with Crippen LogP contribution in [0, 0.1) is 59.2 Å². The Balaban J connectivity index is 0.000000215. The molecule has 6 aliphatic rings. The van der Waals surface area contributed by atoms with Gasteiger partial charge in [0.2, 0.25) is 5.91 Å². The summed E-state index contributed by atoms with van der Waals surface area (Å²) < 4.78 is 11.3. The van der Waals surface area contributed by atoms with E-state index >= 15 is 0 Å². The first-order chi connectivity index (χ1) is 28.6. The van der Waals surface area contributed by atoms with Gasteiger partial charge in [-0.2, -0.15) is 0 Å². The van der Waals surface area contributed by atoms with E-state index in [9.17, 15) is 29.7 Å². The molecule has 0 aromatic heterocycles. The maximum absolute atomic E-state index is 13.3. The van der Waals surface area contributed by atoms with E-state index in [4.69, 9.17) is 9.47 Å². The molecule has 2 saturated heterocycles. The number of allylic oxidation sites excluding steroid dienone is 4. The predicted molar refractivity (Wildman–Crippen MR) is 233 cm³/mol. The summed E-state index contributed by atoms with van der Waals surface area (Å²) in [5.74, 6) is 3.11. The SMILES string of the molecule is CCC1CCCCC(C)C(=O)C2=CC3C(C=C(C)C4CCCC43)C2CC(=O)O1.CCCC(CCC)C(=O)N(C)C1CCC(O)OC1C.COOC(O)C1CC(C)C(C)C1O. The van der Waals surface area contributed by atoms with Crippen molar-refractivity contribution in [3.8, 4) is 0 Å². The highest BCUT2D eigenvalue weighted by Gasteiger charge is 2.49. The Morgan fingerprint density at radius 3 is 2.18 bits per heavy atom. The number of fused-ring (bicyclic) bond motifs is 5. The lowest BCUT2D eigenvalue weighted by atomic mass is 9.67. The normalized spacial score (nSPS) is 37.3. The van der Waals surface area contributed by atoms with Gasteiger partial charge in [0.15, 0.2) is 18.4 Å². The van der Waals surface area contributed by atoms with E-state index in [0.717, 1.165) is 76.2 Å². The van der Waals surface area contributed by atoms with E-state index in [0.29, 0.717) is 48.2 Å². The highest BCUT2D eigenvalue weighted by atomic mass is 17.2. The third-order valence-electron chi connectivity index (χ3n) is 15.2. The summed E-state index contributed by atoms with van der Waals surface area (Å²) >= 11 is 0. The molecule has 1 amide bonds. The van der Waals surface area contributed by atoms with Crippen molar-refractivity contribution in [1.82, 2.24) is 4.90 Å². The molecule has 15 atom stereocenters. The molecule has 0 radical (unpaired) electrons. The number of Topliss-reactive ketones (excluding diaryl/α,β-unsaturated/α-hetero) is 1. The molecule has 4 aliphatic carbocycles. The van der Waals surface area contributed by atoms with E-state index in [2.05, 4.69) is 63.5 Å². The van der Waals surface area contributed by atoms with Crippen molar-refractivity contribution < 1.29 is 49.0 Å². The molecular formula is C49H83NO10. The maximum Gasteiger partial charge on any atom is 0.306 e. The van der Waals surface area contributed by atoms with E-state index in [1.54, 1.807) is 0 Å². The van der Waals surface area contributed by atoms with Crippen molar-refractivity contribution in [3.63, 3.8) is 0 Å². The van der Waals surface area contributed by atoms with Gasteiger partial charge in [-0.15, -0.1) is 0 Å². The number of aliphatic hydroxyl groups is 3. The first-order valence-electron chi connectivity index (χ1n) is 23.9. The van der Waals surface area contributed by atoms with Gasteiger partial charge in [0.1, 0.15) is 6.10 Å². The van der Waals surface area contributed by atoms with Gasteiger partial charge in [0.05, 0.1) is 31.8 Å². The lowest BCUT2D eigenvalue weighted by Gasteiger charge is -2.39. The monoisotopic (exact) mass is 846 g/mol. The van der Waals surface area contributed by atoms with Crippen molar-refractivity contribution in [1.29, 1.82) is 0 Å². The summed E-state index contributed by atoms with van der Waals surface area (Å²) in [4.78, 5) is 49.5. The van der Waals surface area contributed by atoms with Gasteiger partial charge in [-0.3, -0.25) is 14.4 Å². The fourth-order valence-electron chi connectivity index (χ4n) is 11.5. The number of rotatable bonds is 10. The first-order valence-corrected chi connectivity index (χ1v) is 23.9. The Morgan fingerprint density at radius 2 is 1.58 bits per heavy atom. The number of cyclic esters (lactones) is 1. The third kappa shape index (κ3) is 12.7. The molecule has 344 valence electrons. The van der Waals surface area contributed by atoms with Crippen LogP contribution in [0.1, 0.15) is 158 Å². The molecule has 4 fully saturated rings. The predicted octanol–water partition coefficient (Wildman–Crippen LogP) is 8.73. The van der Waals surface area contributed by atoms with Crippen molar-refractivity contribution in [3.05, 3.63) is 23.3 Å². The number of amides is 1. The minimum atomic E-state index is -1.02. The van der Waals surface area contributed by atoms with Gasteiger partial charge in [0.25, 0.3) is 0 Å². The standard InChI is InChI=1S/C25H36O3.C15H29NO3.C9H18O4/c1-4-17-9-6-5-8-15(2)25(27)23-13-21-19-11-7-10-18(19)16(3)12-20(21)22(23)14-24(26)28-17;1-5-7-12(8-6-2)15(18)16(4)13-9-10-14(17)19-11(13)3;1-5-4-7(8(10)6(5)2)9(11)13-12-3/h12-13,15,17-22H,4-11,14H2,1-3H3;11-14,17H,5-10H2,1-4H3;5-11H,4H2,1-3H3. The summed E-state index contributed by atoms with van der Waals surface area (Å²) in [7, 11) is 3.22. The molecular weight excluding hydrogens is 763 g/mol. The number of carbonyl (C=O) groups excluding carboxylic acids is 3. The minimum absolute atomic E-state index is 0.0147. The van der Waals surface area contributed by atoms with Gasteiger partial charge in [-0.25, -0.2) is 9.78 Å². The quantitative estimate of drug-likeness (QED) is 0.0640. The van der Waals surface area contributed by atoms with Gasteiger partial charge in [-0.1, -0.05) is 85.0 Å². The number of likely N-dealkylation sites (N-methyl/N-ethyl adjacent to an activating group) is 1.